The van der Waals surface area contributed by atoms with Gasteiger partial charge in [0.15, 0.2) is 0 Å². The SMILES string of the molecule is CC1=CC(c2ccnc(N3CCN(C)CC3)c2)=CCC1. The fourth-order valence-corrected chi connectivity index (χ4v) is 2.86. The van der Waals surface area contributed by atoms with Crippen molar-refractivity contribution in [2.45, 2.75) is 19.8 Å². The van der Waals surface area contributed by atoms with E-state index in [2.05, 4.69) is 53.0 Å². The van der Waals surface area contributed by atoms with Crippen LogP contribution in [0.1, 0.15) is 25.3 Å². The maximum Gasteiger partial charge on any atom is 0.129 e. The average Bonchev–Trinajstić information content (AvgIpc) is 2.48. The highest BCUT2D eigenvalue weighted by molar-refractivity contribution is 5.76. The molecule has 0 aromatic carbocycles. The molecule has 1 aromatic heterocycles. The van der Waals surface area contributed by atoms with Gasteiger partial charge in [-0.1, -0.05) is 17.7 Å². The smallest absolute Gasteiger partial charge is 0.129 e. The Bertz CT molecular complexity index is 537. The molecule has 0 atom stereocenters. The molecule has 0 radical (unpaired) electrons. The van der Waals surface area contributed by atoms with Gasteiger partial charge < -0.3 is 9.80 Å². The van der Waals surface area contributed by atoms with Gasteiger partial charge in [0.25, 0.3) is 0 Å². The van der Waals surface area contributed by atoms with Crippen LogP contribution in [-0.4, -0.2) is 43.1 Å². The number of piperazine rings is 1. The first-order valence-corrected chi connectivity index (χ1v) is 7.49. The van der Waals surface area contributed by atoms with Crippen LogP contribution in [0, 0.1) is 0 Å². The lowest BCUT2D eigenvalue weighted by atomic mass is 9.96. The summed E-state index contributed by atoms with van der Waals surface area (Å²) in [6.45, 7) is 6.60. The molecule has 0 amide bonds. The predicted octanol–water partition coefficient (Wildman–Crippen LogP) is 2.96. The monoisotopic (exact) mass is 269 g/mol. The second-order valence-corrected chi connectivity index (χ2v) is 5.88. The van der Waals surface area contributed by atoms with Crippen LogP contribution in [0.15, 0.2) is 36.1 Å². The van der Waals surface area contributed by atoms with Crippen LogP contribution in [0.3, 0.4) is 0 Å². The third kappa shape index (κ3) is 2.93. The zero-order valence-electron chi connectivity index (χ0n) is 12.5. The molecular formula is C17H23N3. The van der Waals surface area contributed by atoms with Crippen molar-refractivity contribution < 1.29 is 0 Å². The van der Waals surface area contributed by atoms with E-state index in [1.807, 2.05) is 6.20 Å². The third-order valence-electron chi connectivity index (χ3n) is 4.21. The number of anilines is 1. The Morgan fingerprint density at radius 3 is 2.70 bits per heavy atom. The average molecular weight is 269 g/mol. The summed E-state index contributed by atoms with van der Waals surface area (Å²) in [6.07, 6.45) is 8.95. The lowest BCUT2D eigenvalue weighted by Gasteiger charge is -2.33. The van der Waals surface area contributed by atoms with Crippen molar-refractivity contribution in [2.75, 3.05) is 38.1 Å². The van der Waals surface area contributed by atoms with Crippen LogP contribution >= 0.6 is 0 Å². The Morgan fingerprint density at radius 1 is 1.15 bits per heavy atom. The van der Waals surface area contributed by atoms with Gasteiger partial charge in [0.05, 0.1) is 0 Å². The highest BCUT2D eigenvalue weighted by atomic mass is 15.3. The molecule has 2 heterocycles. The second-order valence-electron chi connectivity index (χ2n) is 5.88. The molecule has 0 bridgehead atoms. The first-order chi connectivity index (χ1) is 9.72. The minimum absolute atomic E-state index is 1.07. The van der Waals surface area contributed by atoms with Crippen LogP contribution in [0.25, 0.3) is 5.57 Å². The van der Waals surface area contributed by atoms with Crippen molar-refractivity contribution in [1.82, 2.24) is 9.88 Å². The Morgan fingerprint density at radius 2 is 1.95 bits per heavy atom. The van der Waals surface area contributed by atoms with Crippen molar-refractivity contribution in [3.63, 3.8) is 0 Å². The molecule has 3 heteroatoms. The second kappa shape index (κ2) is 5.80. The van der Waals surface area contributed by atoms with Crippen molar-refractivity contribution in [3.05, 3.63) is 41.6 Å². The van der Waals surface area contributed by atoms with Crippen molar-refractivity contribution >= 4 is 11.4 Å². The summed E-state index contributed by atoms with van der Waals surface area (Å²) in [5, 5.41) is 0. The van der Waals surface area contributed by atoms with E-state index >= 15 is 0 Å². The summed E-state index contributed by atoms with van der Waals surface area (Å²) in [5.74, 6) is 1.12. The molecule has 2 aliphatic rings. The predicted molar refractivity (Wildman–Crippen MR) is 84.9 cm³/mol. The first-order valence-electron chi connectivity index (χ1n) is 7.49. The highest BCUT2D eigenvalue weighted by Gasteiger charge is 2.16. The maximum absolute atomic E-state index is 4.56. The lowest BCUT2D eigenvalue weighted by Crippen LogP contribution is -2.44. The number of likely N-dealkylation sites (N-methyl/N-ethyl adjacent to an activating group) is 1. The number of rotatable bonds is 2. The summed E-state index contributed by atoms with van der Waals surface area (Å²) in [4.78, 5) is 9.32. The molecule has 1 fully saturated rings. The molecule has 0 N–H and O–H groups in total. The lowest BCUT2D eigenvalue weighted by molar-refractivity contribution is 0.312. The van der Waals surface area contributed by atoms with Crippen LogP contribution < -0.4 is 4.90 Å². The van der Waals surface area contributed by atoms with E-state index in [0.29, 0.717) is 0 Å². The number of pyridine rings is 1. The highest BCUT2D eigenvalue weighted by Crippen LogP contribution is 2.27. The Balaban J connectivity index is 1.81. The van der Waals surface area contributed by atoms with Crippen LogP contribution in [0.4, 0.5) is 5.82 Å². The van der Waals surface area contributed by atoms with E-state index < -0.39 is 0 Å². The van der Waals surface area contributed by atoms with Gasteiger partial charge >= 0.3 is 0 Å². The minimum atomic E-state index is 1.07. The van der Waals surface area contributed by atoms with E-state index in [1.54, 1.807) is 0 Å². The van der Waals surface area contributed by atoms with Gasteiger partial charge in [-0.2, -0.15) is 0 Å². The fraction of sp³-hybridized carbons (Fsp3) is 0.471. The Hall–Kier alpha value is -1.61. The van der Waals surface area contributed by atoms with E-state index in [9.17, 15) is 0 Å². The van der Waals surface area contributed by atoms with E-state index in [1.165, 1.54) is 23.1 Å². The fourth-order valence-electron chi connectivity index (χ4n) is 2.86. The largest absolute Gasteiger partial charge is 0.354 e. The molecule has 20 heavy (non-hydrogen) atoms. The molecule has 1 aromatic rings. The Kier molecular flexibility index (Phi) is 3.88. The summed E-state index contributed by atoms with van der Waals surface area (Å²) in [5.41, 5.74) is 4.12. The zero-order chi connectivity index (χ0) is 13.9. The molecule has 3 rings (SSSR count). The van der Waals surface area contributed by atoms with Crippen molar-refractivity contribution in [2.24, 2.45) is 0 Å². The van der Waals surface area contributed by atoms with Crippen LogP contribution in [-0.2, 0) is 0 Å². The van der Waals surface area contributed by atoms with Crippen LogP contribution in [0.5, 0.6) is 0 Å². The molecule has 106 valence electrons. The minimum Gasteiger partial charge on any atom is -0.354 e. The summed E-state index contributed by atoms with van der Waals surface area (Å²) >= 11 is 0. The molecule has 1 aliphatic carbocycles. The van der Waals surface area contributed by atoms with Gasteiger partial charge in [0, 0.05) is 32.4 Å². The van der Waals surface area contributed by atoms with E-state index in [0.717, 1.165) is 38.4 Å². The van der Waals surface area contributed by atoms with Crippen molar-refractivity contribution in [1.29, 1.82) is 0 Å². The van der Waals surface area contributed by atoms with Crippen LogP contribution in [0.2, 0.25) is 0 Å². The molecule has 3 nitrogen and oxygen atoms in total. The number of aromatic nitrogens is 1. The number of hydrogen-bond donors (Lipinski definition) is 0. The first kappa shape index (κ1) is 13.4. The van der Waals surface area contributed by atoms with Gasteiger partial charge in [-0.15, -0.1) is 0 Å². The number of nitrogens with zero attached hydrogens (tertiary/aromatic N) is 3. The van der Waals surface area contributed by atoms with E-state index in [4.69, 9.17) is 0 Å². The van der Waals surface area contributed by atoms with Gasteiger partial charge in [0.2, 0.25) is 0 Å². The van der Waals surface area contributed by atoms with Crippen molar-refractivity contribution in [3.8, 4) is 0 Å². The molecule has 1 aliphatic heterocycles. The van der Waals surface area contributed by atoms with Gasteiger partial charge in [-0.25, -0.2) is 4.98 Å². The number of allylic oxidation sites excluding steroid dienone is 4. The molecule has 1 saturated heterocycles. The van der Waals surface area contributed by atoms with E-state index in [-0.39, 0.29) is 0 Å². The zero-order valence-corrected chi connectivity index (χ0v) is 12.5. The van der Waals surface area contributed by atoms with Gasteiger partial charge in [0.1, 0.15) is 5.82 Å². The molecule has 0 spiro atoms. The third-order valence-corrected chi connectivity index (χ3v) is 4.21. The normalized spacial score (nSPS) is 20.6. The van der Waals surface area contributed by atoms with Gasteiger partial charge in [-0.05, 0) is 50.1 Å². The maximum atomic E-state index is 4.56. The topological polar surface area (TPSA) is 19.4 Å². The molecular weight excluding hydrogens is 246 g/mol. The standard InChI is InChI=1S/C17H23N3/c1-14-4-3-5-15(12-14)16-6-7-18-17(13-16)20-10-8-19(2)9-11-20/h5-7,12-13H,3-4,8-11H2,1-2H3. The van der Waals surface area contributed by atoms with Gasteiger partial charge in [-0.3, -0.25) is 0 Å². The summed E-state index contributed by atoms with van der Waals surface area (Å²) in [7, 11) is 2.18. The molecule has 0 unspecified atom stereocenters. The number of hydrogen-bond acceptors (Lipinski definition) is 3. The quantitative estimate of drug-likeness (QED) is 0.823. The summed E-state index contributed by atoms with van der Waals surface area (Å²) < 4.78 is 0. The molecule has 0 saturated carbocycles. The Labute approximate surface area is 121 Å². The summed E-state index contributed by atoms with van der Waals surface area (Å²) in [6, 6.07) is 4.37.